The Morgan fingerprint density at radius 3 is 2.19 bits per heavy atom. The number of hydrogen-bond donors (Lipinski definition) is 0. The number of fused-ring (bicyclic) bond motifs is 1. The van der Waals surface area contributed by atoms with Crippen molar-refractivity contribution < 1.29 is 19.1 Å². The van der Waals surface area contributed by atoms with Crippen molar-refractivity contribution in [3.8, 4) is 5.75 Å². The van der Waals surface area contributed by atoms with E-state index in [1.54, 1.807) is 4.90 Å². The zero-order valence-electron chi connectivity index (χ0n) is 21.6. The molecule has 5 rings (SSSR count). The average molecular weight is 489 g/mol. The average Bonchev–Trinajstić information content (AvgIpc) is 2.88. The lowest BCUT2D eigenvalue weighted by Gasteiger charge is -2.43. The highest BCUT2D eigenvalue weighted by atomic mass is 16.6. The molecule has 2 aromatic rings. The first-order chi connectivity index (χ1) is 17.2. The molecule has 0 unspecified atom stereocenters. The smallest absolute Gasteiger partial charge is 0.410 e. The number of carbonyl (C=O) groups excluding carboxylic acids is 2. The maximum atomic E-state index is 12.9. The van der Waals surface area contributed by atoms with Crippen molar-refractivity contribution in [1.29, 1.82) is 0 Å². The molecule has 36 heavy (non-hydrogen) atoms. The lowest BCUT2D eigenvalue weighted by molar-refractivity contribution is -0.00117. The summed E-state index contributed by atoms with van der Waals surface area (Å²) in [4.78, 5) is 29.3. The van der Waals surface area contributed by atoms with Crippen molar-refractivity contribution in [1.82, 2.24) is 9.80 Å². The van der Waals surface area contributed by atoms with Crippen LogP contribution in [0.3, 0.4) is 0 Å². The summed E-state index contributed by atoms with van der Waals surface area (Å²) in [7, 11) is 0. The number of benzene rings is 2. The second kappa shape index (κ2) is 9.64. The molecule has 2 aromatic carbocycles. The molecule has 3 aliphatic rings. The molecule has 0 aliphatic carbocycles. The summed E-state index contributed by atoms with van der Waals surface area (Å²) >= 11 is 0. The fraction of sp³-hybridized carbons (Fsp3) is 0.467. The zero-order chi connectivity index (χ0) is 25.3. The van der Waals surface area contributed by atoms with Gasteiger partial charge in [-0.25, -0.2) is 4.79 Å². The molecule has 1 spiro atoms. The van der Waals surface area contributed by atoms with E-state index in [4.69, 9.17) is 9.47 Å². The summed E-state index contributed by atoms with van der Waals surface area (Å²) < 4.78 is 12.1. The van der Waals surface area contributed by atoms with E-state index in [9.17, 15) is 9.59 Å². The second-order valence-electron chi connectivity index (χ2n) is 11.1. The number of likely N-dealkylation sites (tertiary alicyclic amines) is 2. The SMILES string of the molecule is CC(C)(C)OC(=O)N1CCC2(C=C(c3ccc(C(=O)N4CCCCC4)cc3)c3ccccc3O2)CC1. The van der Waals surface area contributed by atoms with Crippen molar-refractivity contribution in [3.63, 3.8) is 0 Å². The minimum atomic E-state index is -0.513. The zero-order valence-corrected chi connectivity index (χ0v) is 21.6. The van der Waals surface area contributed by atoms with Gasteiger partial charge in [0.05, 0.1) is 0 Å². The van der Waals surface area contributed by atoms with Crippen LogP contribution in [0.5, 0.6) is 5.75 Å². The lowest BCUT2D eigenvalue weighted by atomic mass is 9.83. The minimum absolute atomic E-state index is 0.119. The van der Waals surface area contributed by atoms with Crippen molar-refractivity contribution in [2.24, 2.45) is 0 Å². The molecule has 0 bridgehead atoms. The third kappa shape index (κ3) is 5.13. The number of para-hydroxylation sites is 1. The summed E-state index contributed by atoms with van der Waals surface area (Å²) in [6.07, 6.45) is 6.71. The number of hydrogen-bond acceptors (Lipinski definition) is 4. The summed E-state index contributed by atoms with van der Waals surface area (Å²) in [6, 6.07) is 16.1. The fourth-order valence-electron chi connectivity index (χ4n) is 5.32. The van der Waals surface area contributed by atoms with E-state index in [1.807, 2.05) is 56.0 Å². The lowest BCUT2D eigenvalue weighted by Crippen LogP contribution is -2.50. The number of amides is 2. The van der Waals surface area contributed by atoms with E-state index in [-0.39, 0.29) is 12.0 Å². The van der Waals surface area contributed by atoms with Gasteiger partial charge in [0.1, 0.15) is 17.0 Å². The predicted molar refractivity (Wildman–Crippen MR) is 140 cm³/mol. The highest BCUT2D eigenvalue weighted by molar-refractivity contribution is 5.95. The van der Waals surface area contributed by atoms with Crippen LogP contribution in [-0.2, 0) is 4.74 Å². The molecule has 3 heterocycles. The first kappa shape index (κ1) is 24.4. The van der Waals surface area contributed by atoms with E-state index < -0.39 is 11.2 Å². The van der Waals surface area contributed by atoms with Crippen LogP contribution in [0.25, 0.3) is 5.57 Å². The third-order valence-electron chi connectivity index (χ3n) is 7.25. The molecule has 2 saturated heterocycles. The normalized spacial score (nSPS) is 19.2. The van der Waals surface area contributed by atoms with Crippen LogP contribution >= 0.6 is 0 Å². The molecule has 0 aromatic heterocycles. The number of piperidine rings is 2. The Balaban J connectivity index is 1.38. The molecule has 6 heteroatoms. The van der Waals surface area contributed by atoms with E-state index in [2.05, 4.69) is 24.3 Å². The summed E-state index contributed by atoms with van der Waals surface area (Å²) in [5, 5.41) is 0. The predicted octanol–water partition coefficient (Wildman–Crippen LogP) is 5.91. The van der Waals surface area contributed by atoms with Crippen molar-refractivity contribution in [2.75, 3.05) is 26.2 Å². The van der Waals surface area contributed by atoms with E-state index in [1.165, 1.54) is 6.42 Å². The molecule has 0 saturated carbocycles. The number of nitrogens with zero attached hydrogens (tertiary/aromatic N) is 2. The quantitative estimate of drug-likeness (QED) is 0.528. The Bertz CT molecular complexity index is 1150. The molecule has 0 radical (unpaired) electrons. The van der Waals surface area contributed by atoms with Crippen molar-refractivity contribution >= 4 is 17.6 Å². The van der Waals surface area contributed by atoms with Crippen LogP contribution in [0.2, 0.25) is 0 Å². The Hall–Kier alpha value is -3.28. The number of rotatable bonds is 2. The van der Waals surface area contributed by atoms with Gasteiger partial charge in [0.2, 0.25) is 0 Å². The van der Waals surface area contributed by atoms with Crippen LogP contribution in [0, 0.1) is 0 Å². The van der Waals surface area contributed by atoms with Gasteiger partial charge in [-0.1, -0.05) is 30.3 Å². The Labute approximate surface area is 213 Å². The monoisotopic (exact) mass is 488 g/mol. The van der Waals surface area contributed by atoms with Crippen LogP contribution in [0.15, 0.2) is 54.6 Å². The van der Waals surface area contributed by atoms with Gasteiger partial charge in [0.15, 0.2) is 0 Å². The summed E-state index contributed by atoms with van der Waals surface area (Å²) in [5.74, 6) is 0.975. The largest absolute Gasteiger partial charge is 0.482 e. The van der Waals surface area contributed by atoms with Crippen LogP contribution < -0.4 is 4.74 Å². The molecule has 3 aliphatic heterocycles. The van der Waals surface area contributed by atoms with E-state index in [0.717, 1.165) is 53.9 Å². The standard InChI is InChI=1S/C30H36N2O4/c1-29(2,3)36-28(34)32-19-15-30(16-20-32)21-25(24-9-5-6-10-26(24)35-30)22-11-13-23(14-12-22)27(33)31-17-7-4-8-18-31/h5-6,9-14,21H,4,7-8,15-20H2,1-3H3. The first-order valence-corrected chi connectivity index (χ1v) is 13.1. The molecule has 0 atom stereocenters. The van der Waals surface area contributed by atoms with Gasteiger partial charge in [-0.15, -0.1) is 0 Å². The highest BCUT2D eigenvalue weighted by Crippen LogP contribution is 2.43. The third-order valence-corrected chi connectivity index (χ3v) is 7.25. The summed E-state index contributed by atoms with van der Waals surface area (Å²) in [6.45, 7) is 8.50. The first-order valence-electron chi connectivity index (χ1n) is 13.1. The number of carbonyl (C=O) groups is 2. The fourth-order valence-corrected chi connectivity index (χ4v) is 5.32. The van der Waals surface area contributed by atoms with Gasteiger partial charge >= 0.3 is 6.09 Å². The maximum absolute atomic E-state index is 12.9. The molecule has 6 nitrogen and oxygen atoms in total. The highest BCUT2D eigenvalue weighted by Gasteiger charge is 2.40. The topological polar surface area (TPSA) is 59.1 Å². The Morgan fingerprint density at radius 2 is 1.53 bits per heavy atom. The van der Waals surface area contributed by atoms with Crippen LogP contribution in [0.1, 0.15) is 74.4 Å². The van der Waals surface area contributed by atoms with E-state index >= 15 is 0 Å². The molecular weight excluding hydrogens is 452 g/mol. The second-order valence-corrected chi connectivity index (χ2v) is 11.1. The Morgan fingerprint density at radius 1 is 0.861 bits per heavy atom. The van der Waals surface area contributed by atoms with Gasteiger partial charge in [0.25, 0.3) is 5.91 Å². The number of ether oxygens (including phenoxy) is 2. The molecule has 2 fully saturated rings. The molecule has 0 N–H and O–H groups in total. The van der Waals surface area contributed by atoms with Gasteiger partial charge in [-0.05, 0) is 75.4 Å². The van der Waals surface area contributed by atoms with Crippen molar-refractivity contribution in [3.05, 3.63) is 71.3 Å². The molecule has 190 valence electrons. The van der Waals surface area contributed by atoms with Crippen LogP contribution in [-0.4, -0.2) is 59.2 Å². The van der Waals surface area contributed by atoms with E-state index in [0.29, 0.717) is 25.9 Å². The summed E-state index contributed by atoms with van der Waals surface area (Å²) in [5.41, 5.74) is 2.97. The van der Waals surface area contributed by atoms with Gasteiger partial charge in [0, 0.05) is 50.1 Å². The van der Waals surface area contributed by atoms with Crippen LogP contribution in [0.4, 0.5) is 4.79 Å². The van der Waals surface area contributed by atoms with Crippen molar-refractivity contribution in [2.45, 2.75) is 64.1 Å². The van der Waals surface area contributed by atoms with Gasteiger partial charge in [-0.3, -0.25) is 4.79 Å². The van der Waals surface area contributed by atoms with Gasteiger partial charge < -0.3 is 19.3 Å². The van der Waals surface area contributed by atoms with Gasteiger partial charge in [-0.2, -0.15) is 0 Å². The molecular formula is C30H36N2O4. The minimum Gasteiger partial charge on any atom is -0.482 e. The maximum Gasteiger partial charge on any atom is 0.410 e. The molecule has 2 amide bonds. The Kier molecular flexibility index (Phi) is 6.54.